The molecule has 0 aromatic heterocycles. The number of likely N-dealkylation sites (tertiary alicyclic amines) is 1. The molecule has 3 rings (SSSR count). The standard InChI is InChI=1S/C16H23NO/c1-3-9-17-11(2)10-13-14(17)8-7-12-5-4-6-15(18)16(12)13/h4-6,11,13-14,18H,3,7-10H2,1-2H3. The lowest BCUT2D eigenvalue weighted by atomic mass is 9.79. The molecule has 2 aliphatic rings. The van der Waals surface area contributed by atoms with E-state index >= 15 is 0 Å². The molecule has 1 fully saturated rings. The molecule has 1 N–H and O–H groups in total. The summed E-state index contributed by atoms with van der Waals surface area (Å²) in [5.41, 5.74) is 2.63. The molecule has 1 aromatic carbocycles. The van der Waals surface area contributed by atoms with E-state index in [1.807, 2.05) is 12.1 Å². The van der Waals surface area contributed by atoms with Gasteiger partial charge in [-0.1, -0.05) is 19.1 Å². The molecule has 0 radical (unpaired) electrons. The van der Waals surface area contributed by atoms with Gasteiger partial charge in [0.05, 0.1) is 0 Å². The molecular formula is C16H23NO. The first-order chi connectivity index (χ1) is 8.72. The predicted octanol–water partition coefficient (Wildman–Crippen LogP) is 3.29. The fourth-order valence-corrected chi connectivity index (χ4v) is 4.09. The van der Waals surface area contributed by atoms with Gasteiger partial charge in [0.15, 0.2) is 0 Å². The molecule has 98 valence electrons. The molecule has 18 heavy (non-hydrogen) atoms. The van der Waals surface area contributed by atoms with E-state index in [2.05, 4.69) is 24.8 Å². The van der Waals surface area contributed by atoms with Gasteiger partial charge in [-0.2, -0.15) is 0 Å². The van der Waals surface area contributed by atoms with Crippen molar-refractivity contribution in [3.8, 4) is 5.75 Å². The van der Waals surface area contributed by atoms with Crippen LogP contribution < -0.4 is 0 Å². The predicted molar refractivity (Wildman–Crippen MR) is 74.0 cm³/mol. The largest absolute Gasteiger partial charge is 0.508 e. The van der Waals surface area contributed by atoms with Crippen molar-refractivity contribution >= 4 is 0 Å². The third-order valence-electron chi connectivity index (χ3n) is 4.79. The Morgan fingerprint density at radius 1 is 1.39 bits per heavy atom. The zero-order valence-corrected chi connectivity index (χ0v) is 11.4. The lowest BCUT2D eigenvalue weighted by Crippen LogP contribution is -2.38. The van der Waals surface area contributed by atoms with Crippen LogP contribution in [0.25, 0.3) is 0 Å². The van der Waals surface area contributed by atoms with Crippen LogP contribution in [-0.2, 0) is 6.42 Å². The summed E-state index contributed by atoms with van der Waals surface area (Å²) in [5, 5.41) is 10.2. The minimum atomic E-state index is 0.521. The maximum absolute atomic E-state index is 10.2. The molecule has 3 atom stereocenters. The van der Waals surface area contributed by atoms with Crippen molar-refractivity contribution in [3.05, 3.63) is 29.3 Å². The Labute approximate surface area is 110 Å². The van der Waals surface area contributed by atoms with Crippen molar-refractivity contribution in [2.75, 3.05) is 6.54 Å². The normalized spacial score (nSPS) is 31.1. The summed E-state index contributed by atoms with van der Waals surface area (Å²) in [6.45, 7) is 5.80. The fraction of sp³-hybridized carbons (Fsp3) is 0.625. The second-order valence-corrected chi connectivity index (χ2v) is 5.89. The highest BCUT2D eigenvalue weighted by Gasteiger charge is 2.42. The summed E-state index contributed by atoms with van der Waals surface area (Å²) in [5.74, 6) is 1.07. The van der Waals surface area contributed by atoms with Gasteiger partial charge in [-0.3, -0.25) is 4.90 Å². The van der Waals surface area contributed by atoms with E-state index in [9.17, 15) is 5.11 Å². The molecule has 2 heteroatoms. The summed E-state index contributed by atoms with van der Waals surface area (Å²) >= 11 is 0. The molecule has 0 spiro atoms. The monoisotopic (exact) mass is 245 g/mol. The van der Waals surface area contributed by atoms with Gasteiger partial charge >= 0.3 is 0 Å². The Balaban J connectivity index is 1.96. The zero-order valence-electron chi connectivity index (χ0n) is 11.4. The molecule has 1 aliphatic heterocycles. The zero-order chi connectivity index (χ0) is 12.7. The van der Waals surface area contributed by atoms with E-state index in [1.54, 1.807) is 0 Å². The average molecular weight is 245 g/mol. The van der Waals surface area contributed by atoms with Crippen molar-refractivity contribution in [1.82, 2.24) is 4.90 Å². The van der Waals surface area contributed by atoms with Crippen LogP contribution in [0.1, 0.15) is 50.2 Å². The van der Waals surface area contributed by atoms with Crippen LogP contribution >= 0.6 is 0 Å². The molecule has 1 aromatic rings. The van der Waals surface area contributed by atoms with E-state index in [0.29, 0.717) is 23.8 Å². The van der Waals surface area contributed by atoms with Crippen LogP contribution in [0.3, 0.4) is 0 Å². The van der Waals surface area contributed by atoms with E-state index in [1.165, 1.54) is 36.9 Å². The summed E-state index contributed by atoms with van der Waals surface area (Å²) in [7, 11) is 0. The second kappa shape index (κ2) is 4.58. The number of phenolic OH excluding ortho intramolecular Hbond substituents is 1. The Hall–Kier alpha value is -1.02. The van der Waals surface area contributed by atoms with Gasteiger partial charge in [0.25, 0.3) is 0 Å². The Kier molecular flexibility index (Phi) is 3.06. The molecule has 0 amide bonds. The van der Waals surface area contributed by atoms with E-state index < -0.39 is 0 Å². The minimum absolute atomic E-state index is 0.521. The summed E-state index contributed by atoms with van der Waals surface area (Å²) in [6, 6.07) is 7.34. The third kappa shape index (κ3) is 1.74. The lowest BCUT2D eigenvalue weighted by molar-refractivity contribution is 0.185. The number of phenols is 1. The highest BCUT2D eigenvalue weighted by molar-refractivity contribution is 5.45. The molecule has 2 nitrogen and oxygen atoms in total. The molecule has 1 aliphatic carbocycles. The highest BCUT2D eigenvalue weighted by Crippen LogP contribution is 2.47. The number of nitrogens with zero attached hydrogens (tertiary/aromatic N) is 1. The van der Waals surface area contributed by atoms with Gasteiger partial charge in [-0.15, -0.1) is 0 Å². The first kappa shape index (κ1) is 12.0. The van der Waals surface area contributed by atoms with E-state index in [-0.39, 0.29) is 0 Å². The van der Waals surface area contributed by atoms with Crippen LogP contribution in [0.5, 0.6) is 5.75 Å². The Bertz CT molecular complexity index is 443. The summed E-state index contributed by atoms with van der Waals surface area (Å²) in [6.07, 6.45) is 4.81. The van der Waals surface area contributed by atoms with Gasteiger partial charge in [-0.05, 0) is 50.8 Å². The Morgan fingerprint density at radius 3 is 3.00 bits per heavy atom. The van der Waals surface area contributed by atoms with Gasteiger partial charge in [0.1, 0.15) is 5.75 Å². The number of hydrogen-bond donors (Lipinski definition) is 1. The first-order valence-corrected chi connectivity index (χ1v) is 7.29. The number of hydrogen-bond acceptors (Lipinski definition) is 2. The maximum Gasteiger partial charge on any atom is 0.119 e. The van der Waals surface area contributed by atoms with Crippen molar-refractivity contribution < 1.29 is 5.11 Å². The van der Waals surface area contributed by atoms with Crippen LogP contribution in [-0.4, -0.2) is 28.6 Å². The van der Waals surface area contributed by atoms with Crippen LogP contribution in [0.2, 0.25) is 0 Å². The van der Waals surface area contributed by atoms with Crippen molar-refractivity contribution in [2.45, 2.75) is 57.5 Å². The molecular weight excluding hydrogens is 222 g/mol. The van der Waals surface area contributed by atoms with Crippen LogP contribution in [0.4, 0.5) is 0 Å². The Morgan fingerprint density at radius 2 is 2.22 bits per heavy atom. The smallest absolute Gasteiger partial charge is 0.119 e. The number of aromatic hydroxyl groups is 1. The minimum Gasteiger partial charge on any atom is -0.508 e. The first-order valence-electron chi connectivity index (χ1n) is 7.29. The van der Waals surface area contributed by atoms with E-state index in [4.69, 9.17) is 0 Å². The van der Waals surface area contributed by atoms with Crippen molar-refractivity contribution in [2.24, 2.45) is 0 Å². The summed E-state index contributed by atoms with van der Waals surface area (Å²) < 4.78 is 0. The molecule has 0 bridgehead atoms. The van der Waals surface area contributed by atoms with E-state index in [0.717, 1.165) is 6.42 Å². The van der Waals surface area contributed by atoms with Crippen molar-refractivity contribution in [1.29, 1.82) is 0 Å². The number of rotatable bonds is 2. The highest BCUT2D eigenvalue weighted by atomic mass is 16.3. The molecule has 0 saturated carbocycles. The maximum atomic E-state index is 10.2. The SMILES string of the molecule is CCCN1C(C)CC2c3c(O)cccc3CCC21. The quantitative estimate of drug-likeness (QED) is 0.864. The van der Waals surface area contributed by atoms with Gasteiger partial charge < -0.3 is 5.11 Å². The van der Waals surface area contributed by atoms with Crippen LogP contribution in [0, 0.1) is 0 Å². The van der Waals surface area contributed by atoms with Crippen LogP contribution in [0.15, 0.2) is 18.2 Å². The van der Waals surface area contributed by atoms with Crippen molar-refractivity contribution in [3.63, 3.8) is 0 Å². The molecule has 1 heterocycles. The van der Waals surface area contributed by atoms with Gasteiger partial charge in [0, 0.05) is 23.6 Å². The number of fused-ring (bicyclic) bond motifs is 3. The second-order valence-electron chi connectivity index (χ2n) is 5.89. The topological polar surface area (TPSA) is 23.5 Å². The molecule has 1 saturated heterocycles. The lowest BCUT2D eigenvalue weighted by Gasteiger charge is -2.34. The summed E-state index contributed by atoms with van der Waals surface area (Å²) in [4.78, 5) is 2.67. The third-order valence-corrected chi connectivity index (χ3v) is 4.79. The van der Waals surface area contributed by atoms with Gasteiger partial charge in [-0.25, -0.2) is 0 Å². The number of aryl methyl sites for hydroxylation is 1. The number of benzene rings is 1. The fourth-order valence-electron chi connectivity index (χ4n) is 4.09. The average Bonchev–Trinajstić information content (AvgIpc) is 2.67. The molecule has 3 unspecified atom stereocenters. The van der Waals surface area contributed by atoms with Gasteiger partial charge in [0.2, 0.25) is 0 Å².